The van der Waals surface area contributed by atoms with Gasteiger partial charge in [0, 0.05) is 12.2 Å². The molecule has 8 heteroatoms. The lowest BCUT2D eigenvalue weighted by atomic mass is 9.96. The van der Waals surface area contributed by atoms with E-state index in [4.69, 9.17) is 4.74 Å². The summed E-state index contributed by atoms with van der Waals surface area (Å²) in [6, 6.07) is 22.8. The minimum Gasteiger partial charge on any atom is -0.465 e. The van der Waals surface area contributed by atoms with Gasteiger partial charge in [0.25, 0.3) is 0 Å². The Morgan fingerprint density at radius 2 is 1.58 bits per heavy atom. The van der Waals surface area contributed by atoms with Gasteiger partial charge in [0.2, 0.25) is 15.9 Å². The summed E-state index contributed by atoms with van der Waals surface area (Å²) in [7, 11) is -3.92. The molecule has 0 heterocycles. The molecule has 1 amide bonds. The number of sulfonamides is 1. The third-order valence-electron chi connectivity index (χ3n) is 6.32. The summed E-state index contributed by atoms with van der Waals surface area (Å²) in [5, 5.41) is 2.78. The predicted octanol–water partition coefficient (Wildman–Crippen LogP) is 4.42. The second kappa shape index (κ2) is 10.6. The summed E-state index contributed by atoms with van der Waals surface area (Å²) in [5.41, 5.74) is 2.51. The number of hydrogen-bond donors (Lipinski definition) is 1. The van der Waals surface area contributed by atoms with E-state index >= 15 is 0 Å². The summed E-state index contributed by atoms with van der Waals surface area (Å²) in [5.74, 6) is -0.680. The summed E-state index contributed by atoms with van der Waals surface area (Å²) in [6.45, 7) is 3.71. The first-order valence-electron chi connectivity index (χ1n) is 11.9. The fourth-order valence-corrected chi connectivity index (χ4v) is 5.49. The summed E-state index contributed by atoms with van der Waals surface area (Å²) in [6.07, 6.45) is 1.48. The second-order valence-electron chi connectivity index (χ2n) is 9.00. The number of amides is 1. The van der Waals surface area contributed by atoms with Gasteiger partial charge < -0.3 is 10.1 Å². The Morgan fingerprint density at radius 1 is 0.944 bits per heavy atom. The van der Waals surface area contributed by atoms with Gasteiger partial charge in [-0.05, 0) is 62.1 Å². The van der Waals surface area contributed by atoms with Crippen molar-refractivity contribution in [2.24, 2.45) is 0 Å². The lowest BCUT2D eigenvalue weighted by Gasteiger charge is -2.22. The average Bonchev–Trinajstić information content (AvgIpc) is 3.67. The Labute approximate surface area is 212 Å². The molecular weight excluding hydrogens is 476 g/mol. The number of nitrogens with zero attached hydrogens (tertiary/aromatic N) is 1. The van der Waals surface area contributed by atoms with Gasteiger partial charge >= 0.3 is 5.97 Å². The van der Waals surface area contributed by atoms with Crippen LogP contribution in [0.25, 0.3) is 0 Å². The van der Waals surface area contributed by atoms with E-state index in [1.165, 1.54) is 4.31 Å². The minimum atomic E-state index is -3.92. The highest BCUT2D eigenvalue weighted by molar-refractivity contribution is 7.89. The van der Waals surface area contributed by atoms with Crippen LogP contribution in [-0.4, -0.2) is 37.8 Å². The van der Waals surface area contributed by atoms with Gasteiger partial charge in [0.1, 0.15) is 0 Å². The Kier molecular flexibility index (Phi) is 7.56. The van der Waals surface area contributed by atoms with Crippen molar-refractivity contribution in [3.05, 3.63) is 95.6 Å². The van der Waals surface area contributed by atoms with Crippen LogP contribution in [-0.2, 0) is 36.3 Å². The van der Waals surface area contributed by atoms with Gasteiger partial charge in [0.15, 0.2) is 0 Å². The van der Waals surface area contributed by atoms with Crippen LogP contribution >= 0.6 is 0 Å². The van der Waals surface area contributed by atoms with E-state index in [-0.39, 0.29) is 24.0 Å². The monoisotopic (exact) mass is 506 g/mol. The van der Waals surface area contributed by atoms with Crippen LogP contribution in [0, 0.1) is 6.92 Å². The number of esters is 1. The van der Waals surface area contributed by atoms with Crippen molar-refractivity contribution in [1.29, 1.82) is 0 Å². The Bertz CT molecular complexity index is 1320. The molecule has 0 aliphatic heterocycles. The van der Waals surface area contributed by atoms with Crippen molar-refractivity contribution in [3.8, 4) is 0 Å². The number of carbonyl (C=O) groups excluding carboxylic acids is 2. The van der Waals surface area contributed by atoms with Crippen molar-refractivity contribution in [2.75, 3.05) is 18.5 Å². The maximum absolute atomic E-state index is 13.4. The van der Waals surface area contributed by atoms with E-state index in [9.17, 15) is 18.0 Å². The van der Waals surface area contributed by atoms with E-state index < -0.39 is 21.3 Å². The summed E-state index contributed by atoms with van der Waals surface area (Å²) in [4.78, 5) is 25.4. The third kappa shape index (κ3) is 5.66. The Hall–Kier alpha value is -3.49. The molecule has 0 saturated heterocycles. The normalized spacial score (nSPS) is 14.3. The van der Waals surface area contributed by atoms with E-state index in [2.05, 4.69) is 5.32 Å². The smallest absolute Gasteiger partial charge is 0.316 e. The predicted molar refractivity (Wildman–Crippen MR) is 138 cm³/mol. The van der Waals surface area contributed by atoms with Crippen molar-refractivity contribution >= 4 is 27.6 Å². The van der Waals surface area contributed by atoms with E-state index in [1.807, 2.05) is 49.4 Å². The molecule has 0 unspecified atom stereocenters. The van der Waals surface area contributed by atoms with Crippen molar-refractivity contribution in [2.45, 2.75) is 43.5 Å². The second-order valence-corrected chi connectivity index (χ2v) is 10.9. The number of hydrogen-bond acceptors (Lipinski definition) is 5. The lowest BCUT2D eigenvalue weighted by Crippen LogP contribution is -2.37. The van der Waals surface area contributed by atoms with Crippen LogP contribution in [0.5, 0.6) is 0 Å². The molecule has 1 N–H and O–H groups in total. The van der Waals surface area contributed by atoms with E-state index in [0.29, 0.717) is 12.3 Å². The van der Waals surface area contributed by atoms with Gasteiger partial charge in [-0.15, -0.1) is 0 Å². The topological polar surface area (TPSA) is 92.8 Å². The van der Waals surface area contributed by atoms with E-state index in [0.717, 1.165) is 29.5 Å². The number of carbonyl (C=O) groups is 2. The van der Waals surface area contributed by atoms with E-state index in [1.54, 1.807) is 43.3 Å². The number of aryl methyl sites for hydroxylation is 1. The molecule has 0 aromatic heterocycles. The standard InChI is InChI=1S/C28H30N2O5S/c1-3-35-27(32)28(17-18-28)23-11-13-24(14-12-23)29-26(31)20-30(19-22-7-5-4-6-8-22)36(33,34)25-15-9-21(2)10-16-25/h4-16H,3,17-20H2,1-2H3,(H,29,31). The van der Waals surface area contributed by atoms with Crippen molar-refractivity contribution in [3.63, 3.8) is 0 Å². The lowest BCUT2D eigenvalue weighted by molar-refractivity contribution is -0.146. The first kappa shape index (κ1) is 25.6. The van der Waals surface area contributed by atoms with Crippen LogP contribution < -0.4 is 5.32 Å². The SMILES string of the molecule is CCOC(=O)C1(c2ccc(NC(=O)CN(Cc3ccccc3)S(=O)(=O)c3ccc(C)cc3)cc2)CC1. The molecule has 7 nitrogen and oxygen atoms in total. The van der Waals surface area contributed by atoms with Crippen LogP contribution in [0.15, 0.2) is 83.8 Å². The molecule has 0 spiro atoms. The molecule has 4 rings (SSSR count). The number of rotatable bonds is 10. The molecule has 36 heavy (non-hydrogen) atoms. The van der Waals surface area contributed by atoms with Gasteiger partial charge in [-0.2, -0.15) is 4.31 Å². The molecule has 0 atom stereocenters. The quantitative estimate of drug-likeness (QED) is 0.411. The van der Waals surface area contributed by atoms with Crippen LogP contribution in [0.4, 0.5) is 5.69 Å². The highest BCUT2D eigenvalue weighted by Gasteiger charge is 2.52. The molecule has 1 aliphatic rings. The summed E-state index contributed by atoms with van der Waals surface area (Å²) >= 11 is 0. The number of benzene rings is 3. The third-order valence-corrected chi connectivity index (χ3v) is 8.12. The van der Waals surface area contributed by atoms with Crippen LogP contribution in [0.2, 0.25) is 0 Å². The molecule has 3 aromatic rings. The first-order chi connectivity index (χ1) is 17.2. The highest BCUT2D eigenvalue weighted by atomic mass is 32.2. The van der Waals surface area contributed by atoms with Crippen molar-refractivity contribution < 1.29 is 22.7 Å². The average molecular weight is 507 g/mol. The fourth-order valence-electron chi connectivity index (χ4n) is 4.11. The molecule has 3 aromatic carbocycles. The minimum absolute atomic E-state index is 0.0610. The molecule has 0 radical (unpaired) electrons. The molecule has 0 bridgehead atoms. The number of anilines is 1. The Balaban J connectivity index is 1.50. The highest BCUT2D eigenvalue weighted by Crippen LogP contribution is 2.49. The van der Waals surface area contributed by atoms with Gasteiger partial charge in [-0.25, -0.2) is 8.42 Å². The first-order valence-corrected chi connectivity index (χ1v) is 13.4. The molecule has 1 aliphatic carbocycles. The van der Waals surface area contributed by atoms with Crippen LogP contribution in [0.1, 0.15) is 36.5 Å². The number of nitrogens with one attached hydrogen (secondary N) is 1. The zero-order chi connectivity index (χ0) is 25.8. The summed E-state index contributed by atoms with van der Waals surface area (Å²) < 4.78 is 33.2. The number of ether oxygens (including phenoxy) is 1. The molecule has 1 saturated carbocycles. The zero-order valence-corrected chi connectivity index (χ0v) is 21.3. The fraction of sp³-hybridized carbons (Fsp3) is 0.286. The zero-order valence-electron chi connectivity index (χ0n) is 20.4. The maximum atomic E-state index is 13.4. The Morgan fingerprint density at radius 3 is 2.17 bits per heavy atom. The van der Waals surface area contributed by atoms with Gasteiger partial charge in [0.05, 0.1) is 23.5 Å². The largest absolute Gasteiger partial charge is 0.465 e. The van der Waals surface area contributed by atoms with Gasteiger partial charge in [-0.1, -0.05) is 60.2 Å². The molecule has 1 fully saturated rings. The van der Waals surface area contributed by atoms with Crippen LogP contribution in [0.3, 0.4) is 0 Å². The molecule has 188 valence electrons. The molecular formula is C28H30N2O5S. The maximum Gasteiger partial charge on any atom is 0.316 e. The van der Waals surface area contributed by atoms with Crippen molar-refractivity contribution in [1.82, 2.24) is 4.31 Å². The van der Waals surface area contributed by atoms with Gasteiger partial charge in [-0.3, -0.25) is 9.59 Å².